The number of nitrogens with zero attached hydrogens (tertiary/aromatic N) is 3. The molecule has 34 heavy (non-hydrogen) atoms. The van der Waals surface area contributed by atoms with Crippen molar-refractivity contribution in [3.63, 3.8) is 0 Å². The summed E-state index contributed by atoms with van der Waals surface area (Å²) in [6, 6.07) is 27.7. The molecule has 5 heteroatoms. The van der Waals surface area contributed by atoms with E-state index >= 15 is 0 Å². The lowest BCUT2D eigenvalue weighted by atomic mass is 9.86. The lowest BCUT2D eigenvalue weighted by Crippen LogP contribution is -2.15. The predicted octanol–water partition coefficient (Wildman–Crippen LogP) is 6.71. The fraction of sp³-hybridized carbons (Fsp3) is 0.138. The summed E-state index contributed by atoms with van der Waals surface area (Å²) in [5.41, 5.74) is 5.99. The summed E-state index contributed by atoms with van der Waals surface area (Å²) in [6.07, 6.45) is 2.14. The van der Waals surface area contributed by atoms with E-state index in [2.05, 4.69) is 0 Å². The number of para-hydroxylation sites is 2. The van der Waals surface area contributed by atoms with Gasteiger partial charge >= 0.3 is 0 Å². The first-order valence-electron chi connectivity index (χ1n) is 11.5. The number of ether oxygens (including phenoxy) is 1. The third kappa shape index (κ3) is 3.46. The molecule has 0 saturated heterocycles. The molecule has 2 heterocycles. The molecule has 6 rings (SSSR count). The molecule has 0 bridgehead atoms. The van der Waals surface area contributed by atoms with E-state index in [1.807, 2.05) is 96.5 Å². The second kappa shape index (κ2) is 8.27. The summed E-state index contributed by atoms with van der Waals surface area (Å²) in [6.45, 7) is 1.98. The first-order chi connectivity index (χ1) is 16.7. The number of pyridine rings is 1. The van der Waals surface area contributed by atoms with Gasteiger partial charge in [-0.3, -0.25) is 4.79 Å². The van der Waals surface area contributed by atoms with E-state index in [4.69, 9.17) is 14.8 Å². The van der Waals surface area contributed by atoms with Crippen molar-refractivity contribution in [3.8, 4) is 28.3 Å². The first-order valence-corrected chi connectivity index (χ1v) is 11.5. The van der Waals surface area contributed by atoms with Crippen molar-refractivity contribution in [2.45, 2.75) is 26.2 Å². The van der Waals surface area contributed by atoms with Crippen LogP contribution in [-0.4, -0.2) is 20.5 Å². The molecule has 0 N–H and O–H groups in total. The SMILES string of the molecule is Cc1nn(-c2ccccc2)c2nc3c(c(-c4cccc(Oc5ccccc5)c4)c12)C(=O)CCC3. The Morgan fingerprint density at radius 2 is 1.56 bits per heavy atom. The third-order valence-electron chi connectivity index (χ3n) is 6.26. The summed E-state index contributed by atoms with van der Waals surface area (Å²) in [5, 5.41) is 5.76. The Bertz CT molecular complexity index is 1520. The molecule has 2 aromatic heterocycles. The molecule has 3 aromatic carbocycles. The van der Waals surface area contributed by atoms with Crippen molar-refractivity contribution < 1.29 is 9.53 Å². The average Bonchev–Trinajstić information content (AvgIpc) is 3.20. The minimum absolute atomic E-state index is 0.145. The van der Waals surface area contributed by atoms with Crippen LogP contribution in [0.5, 0.6) is 11.5 Å². The van der Waals surface area contributed by atoms with Crippen molar-refractivity contribution in [3.05, 3.63) is 102 Å². The highest BCUT2D eigenvalue weighted by Gasteiger charge is 2.28. The van der Waals surface area contributed by atoms with Gasteiger partial charge in [0.05, 0.1) is 22.5 Å². The molecule has 0 aliphatic heterocycles. The molecule has 0 saturated carbocycles. The number of hydrogen-bond acceptors (Lipinski definition) is 4. The van der Waals surface area contributed by atoms with Crippen molar-refractivity contribution in [2.24, 2.45) is 0 Å². The van der Waals surface area contributed by atoms with Crippen LogP contribution < -0.4 is 4.74 Å². The van der Waals surface area contributed by atoms with Crippen LogP contribution >= 0.6 is 0 Å². The van der Waals surface area contributed by atoms with Gasteiger partial charge in [0.2, 0.25) is 0 Å². The van der Waals surface area contributed by atoms with Crippen LogP contribution in [-0.2, 0) is 6.42 Å². The van der Waals surface area contributed by atoms with Crippen molar-refractivity contribution in [2.75, 3.05) is 0 Å². The molecular formula is C29H23N3O2. The van der Waals surface area contributed by atoms with Gasteiger partial charge in [-0.1, -0.05) is 48.5 Å². The number of aryl methyl sites for hydroxylation is 2. The highest BCUT2D eigenvalue weighted by molar-refractivity contribution is 6.11. The Labute approximate surface area is 197 Å². The van der Waals surface area contributed by atoms with Gasteiger partial charge < -0.3 is 4.74 Å². The normalized spacial score (nSPS) is 13.1. The standard InChI is InChI=1S/C29H23N3O2/c1-19-26-27(20-10-8-15-23(18-20)34-22-13-6-3-7-14-22)28-24(16-9-17-25(28)33)30-29(26)32(31-19)21-11-4-2-5-12-21/h2-8,10-15,18H,9,16-17H2,1H3. The topological polar surface area (TPSA) is 57.0 Å². The van der Waals surface area contributed by atoms with Crippen LogP contribution in [0.25, 0.3) is 27.8 Å². The lowest BCUT2D eigenvalue weighted by molar-refractivity contribution is 0.0972. The van der Waals surface area contributed by atoms with E-state index in [-0.39, 0.29) is 5.78 Å². The van der Waals surface area contributed by atoms with Crippen LogP contribution in [0.4, 0.5) is 0 Å². The van der Waals surface area contributed by atoms with Crippen LogP contribution in [0, 0.1) is 6.92 Å². The Morgan fingerprint density at radius 3 is 2.35 bits per heavy atom. The van der Waals surface area contributed by atoms with Crippen LogP contribution in [0.15, 0.2) is 84.9 Å². The maximum absolute atomic E-state index is 13.2. The van der Waals surface area contributed by atoms with Gasteiger partial charge in [-0.25, -0.2) is 9.67 Å². The minimum Gasteiger partial charge on any atom is -0.457 e. The molecule has 0 unspecified atom stereocenters. The van der Waals surface area contributed by atoms with Gasteiger partial charge in [0.15, 0.2) is 11.4 Å². The van der Waals surface area contributed by atoms with Crippen molar-refractivity contribution >= 4 is 16.8 Å². The Kier molecular flexibility index (Phi) is 4.95. The third-order valence-corrected chi connectivity index (χ3v) is 6.26. The zero-order chi connectivity index (χ0) is 23.1. The molecule has 5 aromatic rings. The minimum atomic E-state index is 0.145. The second-order valence-electron chi connectivity index (χ2n) is 8.56. The summed E-state index contributed by atoms with van der Waals surface area (Å²) in [7, 11) is 0. The van der Waals surface area contributed by atoms with Crippen molar-refractivity contribution in [1.29, 1.82) is 0 Å². The smallest absolute Gasteiger partial charge is 0.165 e. The molecule has 0 fully saturated rings. The molecule has 1 aliphatic rings. The molecule has 0 amide bonds. The monoisotopic (exact) mass is 445 g/mol. The Morgan fingerprint density at radius 1 is 0.824 bits per heavy atom. The lowest BCUT2D eigenvalue weighted by Gasteiger charge is -2.20. The number of carbonyl (C=O) groups excluding carboxylic acids is 1. The van der Waals surface area contributed by atoms with E-state index < -0.39 is 0 Å². The number of rotatable bonds is 4. The van der Waals surface area contributed by atoms with E-state index in [1.165, 1.54) is 0 Å². The Hall–Kier alpha value is -4.25. The fourth-order valence-corrected chi connectivity index (χ4v) is 4.76. The molecule has 5 nitrogen and oxygen atoms in total. The average molecular weight is 446 g/mol. The number of carbonyl (C=O) groups is 1. The number of hydrogen-bond donors (Lipinski definition) is 0. The molecule has 0 radical (unpaired) electrons. The van der Waals surface area contributed by atoms with Gasteiger partial charge in [-0.2, -0.15) is 5.10 Å². The van der Waals surface area contributed by atoms with Gasteiger partial charge in [0.25, 0.3) is 0 Å². The molecule has 166 valence electrons. The van der Waals surface area contributed by atoms with E-state index in [9.17, 15) is 4.79 Å². The zero-order valence-corrected chi connectivity index (χ0v) is 18.9. The van der Waals surface area contributed by atoms with E-state index in [1.54, 1.807) is 0 Å². The van der Waals surface area contributed by atoms with Gasteiger partial charge in [-0.05, 0) is 61.7 Å². The number of aromatic nitrogens is 3. The maximum atomic E-state index is 13.2. The first kappa shape index (κ1) is 20.4. The summed E-state index contributed by atoms with van der Waals surface area (Å²) < 4.78 is 7.99. The molecule has 1 aliphatic carbocycles. The summed E-state index contributed by atoms with van der Waals surface area (Å²) >= 11 is 0. The van der Waals surface area contributed by atoms with E-state index in [0.29, 0.717) is 6.42 Å². The van der Waals surface area contributed by atoms with Crippen LogP contribution in [0.2, 0.25) is 0 Å². The zero-order valence-electron chi connectivity index (χ0n) is 18.9. The highest BCUT2D eigenvalue weighted by Crippen LogP contribution is 2.40. The van der Waals surface area contributed by atoms with Crippen molar-refractivity contribution in [1.82, 2.24) is 14.8 Å². The maximum Gasteiger partial charge on any atom is 0.165 e. The van der Waals surface area contributed by atoms with Crippen LogP contribution in [0.3, 0.4) is 0 Å². The Balaban J connectivity index is 1.60. The number of benzene rings is 3. The summed E-state index contributed by atoms with van der Waals surface area (Å²) in [5.74, 6) is 1.64. The molecule has 0 spiro atoms. The highest BCUT2D eigenvalue weighted by atomic mass is 16.5. The largest absolute Gasteiger partial charge is 0.457 e. The van der Waals surface area contributed by atoms with Crippen LogP contribution in [0.1, 0.15) is 34.6 Å². The van der Waals surface area contributed by atoms with Gasteiger partial charge in [-0.15, -0.1) is 0 Å². The predicted molar refractivity (Wildman–Crippen MR) is 133 cm³/mol. The number of fused-ring (bicyclic) bond motifs is 2. The quantitative estimate of drug-likeness (QED) is 0.309. The van der Waals surface area contributed by atoms with Gasteiger partial charge in [0, 0.05) is 17.5 Å². The number of Topliss-reactive ketones (excluding diaryl/α,β-unsaturated/α-hetero) is 1. The second-order valence-corrected chi connectivity index (χ2v) is 8.56. The van der Waals surface area contributed by atoms with E-state index in [0.717, 1.165) is 69.1 Å². The fourth-order valence-electron chi connectivity index (χ4n) is 4.76. The number of ketones is 1. The summed E-state index contributed by atoms with van der Waals surface area (Å²) in [4.78, 5) is 18.2. The van der Waals surface area contributed by atoms with Gasteiger partial charge in [0.1, 0.15) is 11.5 Å². The molecule has 0 atom stereocenters. The molecular weight excluding hydrogens is 422 g/mol.